The zero-order chi connectivity index (χ0) is 21.7. The van der Waals surface area contributed by atoms with Gasteiger partial charge in [0.05, 0.1) is 23.4 Å². The quantitative estimate of drug-likeness (QED) is 0.620. The molecular formula is C19H18F4N6O. The number of nitrogens with one attached hydrogen (secondary N) is 2. The van der Waals surface area contributed by atoms with Crippen LogP contribution in [-0.4, -0.2) is 26.2 Å². The average molecular weight is 422 g/mol. The Morgan fingerprint density at radius 2 is 2.00 bits per heavy atom. The molecule has 11 heteroatoms. The molecule has 30 heavy (non-hydrogen) atoms. The number of fused-ring (bicyclic) bond motifs is 1. The van der Waals surface area contributed by atoms with Crippen molar-refractivity contribution < 1.29 is 22.4 Å². The molecule has 0 saturated heterocycles. The Bertz CT molecular complexity index is 1140. The third kappa shape index (κ3) is 3.80. The Hall–Kier alpha value is -3.21. The molecule has 3 heterocycles. The lowest BCUT2D eigenvalue weighted by atomic mass is 10.0. The maximum atomic E-state index is 13.6. The molecule has 0 amide bonds. The van der Waals surface area contributed by atoms with Crippen LogP contribution in [0.15, 0.2) is 41.7 Å². The fourth-order valence-electron chi connectivity index (χ4n) is 3.17. The largest absolute Gasteiger partial charge is 0.416 e. The molecule has 1 atom stereocenters. The summed E-state index contributed by atoms with van der Waals surface area (Å²) in [4.78, 5) is 14.2. The molecule has 3 aromatic rings. The first-order valence-corrected chi connectivity index (χ1v) is 9.05. The molecular weight excluding hydrogens is 404 g/mol. The Balaban J connectivity index is 1.67. The third-order valence-corrected chi connectivity index (χ3v) is 4.55. The van der Waals surface area contributed by atoms with Gasteiger partial charge in [0.1, 0.15) is 11.6 Å². The van der Waals surface area contributed by atoms with Gasteiger partial charge in [-0.15, -0.1) is 0 Å². The number of hydrogen-bond acceptors (Lipinski definition) is 6. The van der Waals surface area contributed by atoms with Gasteiger partial charge in [-0.1, -0.05) is 0 Å². The number of halogens is 4. The van der Waals surface area contributed by atoms with Gasteiger partial charge in [-0.25, -0.2) is 29.2 Å². The summed E-state index contributed by atoms with van der Waals surface area (Å²) >= 11 is 0. The minimum atomic E-state index is -4.60. The molecule has 0 fully saturated rings. The SMILES string of the molecule is C[C@@H](Nc1ccn2ncc(C3=NC(C)(C)ON3)c2n1)c1cc(F)ccc1C(F)(F)F. The van der Waals surface area contributed by atoms with Crippen LogP contribution >= 0.6 is 0 Å². The molecule has 7 nitrogen and oxygen atoms in total. The van der Waals surface area contributed by atoms with Gasteiger partial charge in [0, 0.05) is 6.20 Å². The summed E-state index contributed by atoms with van der Waals surface area (Å²) in [7, 11) is 0. The van der Waals surface area contributed by atoms with Gasteiger partial charge in [0.25, 0.3) is 0 Å². The zero-order valence-electron chi connectivity index (χ0n) is 16.3. The highest BCUT2D eigenvalue weighted by molar-refractivity contribution is 6.03. The van der Waals surface area contributed by atoms with E-state index in [1.807, 2.05) is 0 Å². The number of aliphatic imine (C=N–C) groups is 1. The molecule has 2 N–H and O–H groups in total. The minimum absolute atomic E-state index is 0.213. The molecule has 1 aliphatic rings. The van der Waals surface area contributed by atoms with Crippen LogP contribution in [0.25, 0.3) is 5.65 Å². The van der Waals surface area contributed by atoms with Gasteiger partial charge < -0.3 is 5.32 Å². The lowest BCUT2D eigenvalue weighted by molar-refractivity contribution is -0.138. The molecule has 0 saturated carbocycles. The molecule has 0 aliphatic carbocycles. The van der Waals surface area contributed by atoms with Crippen LogP contribution in [0.2, 0.25) is 0 Å². The van der Waals surface area contributed by atoms with Crippen molar-refractivity contribution in [3.63, 3.8) is 0 Å². The second-order valence-electron chi connectivity index (χ2n) is 7.35. The minimum Gasteiger partial charge on any atom is -0.363 e. The number of nitrogens with zero attached hydrogens (tertiary/aromatic N) is 4. The molecule has 0 radical (unpaired) electrons. The van der Waals surface area contributed by atoms with Crippen LogP contribution < -0.4 is 10.8 Å². The number of benzene rings is 1. The van der Waals surface area contributed by atoms with Crippen molar-refractivity contribution in [2.24, 2.45) is 4.99 Å². The Morgan fingerprint density at radius 1 is 1.23 bits per heavy atom. The highest BCUT2D eigenvalue weighted by Gasteiger charge is 2.35. The van der Waals surface area contributed by atoms with Gasteiger partial charge in [-0.2, -0.15) is 18.3 Å². The zero-order valence-corrected chi connectivity index (χ0v) is 16.3. The predicted molar refractivity (Wildman–Crippen MR) is 101 cm³/mol. The van der Waals surface area contributed by atoms with Gasteiger partial charge >= 0.3 is 6.18 Å². The molecule has 1 aromatic carbocycles. The maximum Gasteiger partial charge on any atom is 0.416 e. The lowest BCUT2D eigenvalue weighted by Crippen LogP contribution is -2.23. The number of hydrogen-bond donors (Lipinski definition) is 2. The van der Waals surface area contributed by atoms with Crippen LogP contribution in [0.4, 0.5) is 23.4 Å². The van der Waals surface area contributed by atoms with E-state index in [9.17, 15) is 17.6 Å². The normalized spacial score (nSPS) is 17.0. The number of aromatic nitrogens is 3. The number of rotatable bonds is 4. The second kappa shape index (κ2) is 6.94. The van der Waals surface area contributed by atoms with Crippen molar-refractivity contribution in [1.29, 1.82) is 0 Å². The van der Waals surface area contributed by atoms with Crippen LogP contribution in [0, 0.1) is 5.82 Å². The van der Waals surface area contributed by atoms with Crippen LogP contribution in [0.5, 0.6) is 0 Å². The van der Waals surface area contributed by atoms with Crippen LogP contribution in [0.1, 0.15) is 43.5 Å². The van der Waals surface area contributed by atoms with E-state index in [0.29, 0.717) is 22.9 Å². The van der Waals surface area contributed by atoms with Crippen molar-refractivity contribution in [2.45, 2.75) is 38.7 Å². The Labute approximate surface area is 168 Å². The number of anilines is 1. The van der Waals surface area contributed by atoms with E-state index in [-0.39, 0.29) is 5.56 Å². The topological polar surface area (TPSA) is 75.8 Å². The number of hydroxylamine groups is 1. The van der Waals surface area contributed by atoms with Gasteiger partial charge in [-0.05, 0) is 50.6 Å². The fourth-order valence-corrected chi connectivity index (χ4v) is 3.17. The van der Waals surface area contributed by atoms with Crippen molar-refractivity contribution in [2.75, 3.05) is 5.32 Å². The molecule has 1 aliphatic heterocycles. The second-order valence-corrected chi connectivity index (χ2v) is 7.35. The number of amidine groups is 1. The van der Waals surface area contributed by atoms with Gasteiger partial charge in [0.15, 0.2) is 17.2 Å². The van der Waals surface area contributed by atoms with E-state index in [0.717, 1.165) is 18.2 Å². The van der Waals surface area contributed by atoms with E-state index in [2.05, 4.69) is 25.9 Å². The summed E-state index contributed by atoms with van der Waals surface area (Å²) < 4.78 is 55.1. The standard InChI is InChI=1S/C19H18F4N6O/c1-10(12-8-11(20)4-5-14(12)19(21,22)23)25-15-6-7-29-17(26-15)13(9-24-29)16-27-18(2,3)30-28-16/h4-10H,1-3H3,(H,25,26)(H,27,28)/t10-/m1/s1. The molecule has 0 bridgehead atoms. The van der Waals surface area contributed by atoms with Crippen molar-refractivity contribution in [1.82, 2.24) is 20.1 Å². The average Bonchev–Trinajstić information content (AvgIpc) is 3.22. The summed E-state index contributed by atoms with van der Waals surface area (Å²) in [5.74, 6) is -0.00818. The van der Waals surface area contributed by atoms with E-state index < -0.39 is 29.3 Å². The third-order valence-electron chi connectivity index (χ3n) is 4.55. The van der Waals surface area contributed by atoms with E-state index in [1.54, 1.807) is 32.3 Å². The van der Waals surface area contributed by atoms with Gasteiger partial charge in [-0.3, -0.25) is 0 Å². The Kier molecular flexibility index (Phi) is 4.64. The van der Waals surface area contributed by atoms with E-state index in [4.69, 9.17) is 4.84 Å². The van der Waals surface area contributed by atoms with Crippen LogP contribution in [0.3, 0.4) is 0 Å². The lowest BCUT2D eigenvalue weighted by Gasteiger charge is -2.20. The summed E-state index contributed by atoms with van der Waals surface area (Å²) in [5, 5.41) is 7.10. The molecule has 4 rings (SSSR count). The van der Waals surface area contributed by atoms with Crippen LogP contribution in [-0.2, 0) is 11.0 Å². The first kappa shape index (κ1) is 20.1. The highest BCUT2D eigenvalue weighted by atomic mass is 19.4. The monoisotopic (exact) mass is 422 g/mol. The summed E-state index contributed by atoms with van der Waals surface area (Å²) in [6.45, 7) is 5.06. The number of alkyl halides is 3. The van der Waals surface area contributed by atoms with Crippen molar-refractivity contribution in [3.05, 3.63) is 59.2 Å². The highest BCUT2D eigenvalue weighted by Crippen LogP contribution is 2.36. The molecule has 2 aromatic heterocycles. The smallest absolute Gasteiger partial charge is 0.363 e. The predicted octanol–water partition coefficient (Wildman–Crippen LogP) is 4.08. The maximum absolute atomic E-state index is 13.6. The first-order valence-electron chi connectivity index (χ1n) is 9.05. The fraction of sp³-hybridized carbons (Fsp3) is 0.316. The van der Waals surface area contributed by atoms with Gasteiger partial charge in [0.2, 0.25) is 0 Å². The van der Waals surface area contributed by atoms with E-state index >= 15 is 0 Å². The van der Waals surface area contributed by atoms with Crippen molar-refractivity contribution >= 4 is 17.3 Å². The summed E-state index contributed by atoms with van der Waals surface area (Å²) in [6.07, 6.45) is -1.44. The van der Waals surface area contributed by atoms with Crippen molar-refractivity contribution in [3.8, 4) is 0 Å². The van der Waals surface area contributed by atoms with E-state index in [1.165, 1.54) is 11.4 Å². The summed E-state index contributed by atoms with van der Waals surface area (Å²) in [6, 6.07) is 3.11. The molecule has 0 unspecified atom stereocenters. The Morgan fingerprint density at radius 3 is 2.67 bits per heavy atom. The summed E-state index contributed by atoms with van der Waals surface area (Å²) in [5.41, 5.74) is 1.85. The molecule has 158 valence electrons. The first-order chi connectivity index (χ1) is 14.0. The molecule has 0 spiro atoms.